The highest BCUT2D eigenvalue weighted by Crippen LogP contribution is 2.29. The highest BCUT2D eigenvalue weighted by molar-refractivity contribution is 9.10. The van der Waals surface area contributed by atoms with Gasteiger partial charge in [0.25, 0.3) is 0 Å². The summed E-state index contributed by atoms with van der Waals surface area (Å²) in [6.07, 6.45) is 2.24. The number of nitrogens with zero attached hydrogens (tertiary/aromatic N) is 3. The smallest absolute Gasteiger partial charge is 0.389 e. The van der Waals surface area contributed by atoms with Crippen molar-refractivity contribution in [2.75, 3.05) is 13.6 Å². The van der Waals surface area contributed by atoms with E-state index in [4.69, 9.17) is 4.99 Å². The van der Waals surface area contributed by atoms with Gasteiger partial charge in [-0.05, 0) is 59.1 Å². The van der Waals surface area contributed by atoms with Gasteiger partial charge in [0.05, 0.1) is 0 Å². The fourth-order valence-electron chi connectivity index (χ4n) is 3.08. The Hall–Kier alpha value is -1.50. The Balaban J connectivity index is 0.00000196. The summed E-state index contributed by atoms with van der Waals surface area (Å²) in [6.45, 7) is 1.09. The standard InChI is InChI=1S/C20H19BrN3S.BrH/c1-23-13-5-8-19(23)22-20-24(17-6-3-2-4-7-17)18(14-25-20)15-9-11-16(21)12-10-15;/h2-4,6-7,9-12,14H,5,8,13H2,1H3;1H/q+1;/p-1. The minimum absolute atomic E-state index is 0. The van der Waals surface area contributed by atoms with E-state index in [1.165, 1.54) is 23.5 Å². The van der Waals surface area contributed by atoms with Gasteiger partial charge in [0, 0.05) is 35.4 Å². The molecule has 0 saturated carbocycles. The zero-order valence-electron chi connectivity index (χ0n) is 14.4. The van der Waals surface area contributed by atoms with Crippen molar-refractivity contribution < 1.29 is 21.5 Å². The van der Waals surface area contributed by atoms with E-state index in [0.29, 0.717) is 0 Å². The van der Waals surface area contributed by atoms with E-state index >= 15 is 0 Å². The number of halogens is 2. The van der Waals surface area contributed by atoms with Gasteiger partial charge in [-0.25, -0.2) is 0 Å². The quantitative estimate of drug-likeness (QED) is 0.513. The van der Waals surface area contributed by atoms with Crippen molar-refractivity contribution in [2.45, 2.75) is 12.8 Å². The summed E-state index contributed by atoms with van der Waals surface area (Å²) in [4.78, 5) is 7.25. The molecule has 1 aliphatic rings. The summed E-state index contributed by atoms with van der Waals surface area (Å²) in [6, 6.07) is 18.9. The average molecular weight is 493 g/mol. The summed E-state index contributed by atoms with van der Waals surface area (Å²) in [5, 5.41) is 3.22. The van der Waals surface area contributed by atoms with Gasteiger partial charge in [0.1, 0.15) is 5.69 Å². The minimum atomic E-state index is 0. The lowest BCUT2D eigenvalue weighted by molar-refractivity contribution is -0.565. The van der Waals surface area contributed by atoms with Crippen LogP contribution in [0, 0.1) is 0 Å². The first-order valence-electron chi connectivity index (χ1n) is 8.36. The third kappa shape index (κ3) is 3.92. The zero-order chi connectivity index (χ0) is 17.2. The van der Waals surface area contributed by atoms with Crippen molar-refractivity contribution >= 4 is 38.2 Å². The van der Waals surface area contributed by atoms with Crippen LogP contribution in [0.3, 0.4) is 0 Å². The van der Waals surface area contributed by atoms with E-state index in [-0.39, 0.29) is 17.0 Å². The molecule has 1 saturated heterocycles. The van der Waals surface area contributed by atoms with Crippen LogP contribution in [0.4, 0.5) is 5.13 Å². The maximum Gasteiger partial charge on any atom is 0.389 e. The molecule has 6 heteroatoms. The van der Waals surface area contributed by atoms with E-state index in [1.54, 1.807) is 11.3 Å². The van der Waals surface area contributed by atoms with Gasteiger partial charge >= 0.3 is 5.13 Å². The number of hydrogen-bond acceptors (Lipinski definition) is 2. The highest BCUT2D eigenvalue weighted by atomic mass is 79.9. The number of benzene rings is 2. The molecular formula is C20H19Br2N3S. The normalized spacial score (nSPS) is 15.3. The first kappa shape index (κ1) is 19.3. The topological polar surface area (TPSA) is 19.5 Å². The Morgan fingerprint density at radius 2 is 1.81 bits per heavy atom. The molecule has 0 N–H and O–H groups in total. The van der Waals surface area contributed by atoms with E-state index in [9.17, 15) is 0 Å². The first-order chi connectivity index (χ1) is 12.2. The lowest BCUT2D eigenvalue weighted by Crippen LogP contribution is -3.00. The second kappa shape index (κ2) is 8.46. The summed E-state index contributed by atoms with van der Waals surface area (Å²) in [7, 11) is 2.13. The molecule has 0 unspecified atom stereocenters. The van der Waals surface area contributed by atoms with E-state index < -0.39 is 0 Å². The van der Waals surface area contributed by atoms with Gasteiger partial charge in [-0.1, -0.05) is 34.1 Å². The summed E-state index contributed by atoms with van der Waals surface area (Å²) >= 11 is 5.22. The molecule has 2 heterocycles. The van der Waals surface area contributed by atoms with Gasteiger partial charge in [-0.2, -0.15) is 4.57 Å². The fraction of sp³-hybridized carbons (Fsp3) is 0.200. The largest absolute Gasteiger partial charge is 1.00 e. The average Bonchev–Trinajstić information content (AvgIpc) is 3.23. The Morgan fingerprint density at radius 1 is 1.08 bits per heavy atom. The monoisotopic (exact) mass is 491 g/mol. The third-order valence-electron chi connectivity index (χ3n) is 4.42. The maximum absolute atomic E-state index is 4.99. The van der Waals surface area contributed by atoms with E-state index in [0.717, 1.165) is 28.3 Å². The van der Waals surface area contributed by atoms with E-state index in [2.05, 4.69) is 86.4 Å². The third-order valence-corrected chi connectivity index (χ3v) is 5.78. The van der Waals surface area contributed by atoms with Crippen LogP contribution in [-0.2, 0) is 0 Å². The van der Waals surface area contributed by atoms with Gasteiger partial charge in [-0.15, -0.1) is 0 Å². The molecule has 134 valence electrons. The minimum Gasteiger partial charge on any atom is -1.00 e. The molecule has 1 aromatic heterocycles. The van der Waals surface area contributed by atoms with Gasteiger partial charge in [0.2, 0.25) is 5.84 Å². The Morgan fingerprint density at radius 3 is 2.46 bits per heavy atom. The Kier molecular flexibility index (Phi) is 6.27. The molecule has 1 aliphatic heterocycles. The molecule has 0 bridgehead atoms. The zero-order valence-corrected chi connectivity index (χ0v) is 18.4. The van der Waals surface area contributed by atoms with Crippen LogP contribution >= 0.6 is 27.3 Å². The number of amidine groups is 1. The molecule has 2 aromatic carbocycles. The van der Waals surface area contributed by atoms with Crippen LogP contribution in [0.15, 0.2) is 69.4 Å². The van der Waals surface area contributed by atoms with Crippen molar-refractivity contribution in [3.63, 3.8) is 0 Å². The van der Waals surface area contributed by atoms with Crippen LogP contribution < -0.4 is 21.5 Å². The second-order valence-corrected chi connectivity index (χ2v) is 7.89. The summed E-state index contributed by atoms with van der Waals surface area (Å²) in [5.74, 6) is 1.17. The van der Waals surface area contributed by atoms with Crippen LogP contribution in [0.2, 0.25) is 0 Å². The van der Waals surface area contributed by atoms with Crippen molar-refractivity contribution in [2.24, 2.45) is 4.99 Å². The SMILES string of the molecule is CN1CCC/C1=N\c1scc(-c2ccc(Br)cc2)[n+]1-c1ccccc1.[Br-]. The predicted molar refractivity (Wildman–Crippen MR) is 108 cm³/mol. The molecule has 0 aliphatic carbocycles. The van der Waals surface area contributed by atoms with Crippen LogP contribution in [0.25, 0.3) is 16.9 Å². The van der Waals surface area contributed by atoms with Crippen molar-refractivity contribution in [1.29, 1.82) is 0 Å². The van der Waals surface area contributed by atoms with Crippen molar-refractivity contribution in [3.8, 4) is 16.9 Å². The van der Waals surface area contributed by atoms with E-state index in [1.807, 2.05) is 6.07 Å². The molecule has 1 fully saturated rings. The van der Waals surface area contributed by atoms with Crippen molar-refractivity contribution in [1.82, 2.24) is 4.90 Å². The predicted octanol–water partition coefficient (Wildman–Crippen LogP) is 2.21. The van der Waals surface area contributed by atoms with Gasteiger partial charge in [0.15, 0.2) is 5.69 Å². The summed E-state index contributed by atoms with van der Waals surface area (Å²) < 4.78 is 3.35. The van der Waals surface area contributed by atoms with Crippen LogP contribution in [0.5, 0.6) is 0 Å². The highest BCUT2D eigenvalue weighted by Gasteiger charge is 2.26. The molecule has 0 atom stereocenters. The second-order valence-electron chi connectivity index (χ2n) is 6.13. The number of aromatic nitrogens is 1. The molecular weight excluding hydrogens is 474 g/mol. The lowest BCUT2D eigenvalue weighted by atomic mass is 10.1. The number of rotatable bonds is 3. The van der Waals surface area contributed by atoms with Crippen LogP contribution in [-0.4, -0.2) is 24.3 Å². The first-order valence-corrected chi connectivity index (χ1v) is 10.0. The van der Waals surface area contributed by atoms with Gasteiger partial charge in [-0.3, -0.25) is 0 Å². The number of aliphatic imine (C=N–C) groups is 1. The van der Waals surface area contributed by atoms with Crippen molar-refractivity contribution in [3.05, 3.63) is 64.5 Å². The van der Waals surface area contributed by atoms with Gasteiger partial charge < -0.3 is 21.9 Å². The molecule has 0 spiro atoms. The lowest BCUT2D eigenvalue weighted by Gasteiger charge is -2.06. The molecule has 4 rings (SSSR count). The van der Waals surface area contributed by atoms with Crippen LogP contribution in [0.1, 0.15) is 12.8 Å². The number of thiazole rings is 1. The molecule has 3 nitrogen and oxygen atoms in total. The number of para-hydroxylation sites is 1. The number of hydrogen-bond donors (Lipinski definition) is 0. The molecule has 26 heavy (non-hydrogen) atoms. The molecule has 0 radical (unpaired) electrons. The fourth-order valence-corrected chi connectivity index (χ4v) is 4.27. The number of likely N-dealkylation sites (tertiary alicyclic amines) is 1. The Labute approximate surface area is 176 Å². The molecule has 0 amide bonds. The Bertz CT molecular complexity index is 905. The summed E-state index contributed by atoms with van der Waals surface area (Å²) in [5.41, 5.74) is 3.50. The maximum atomic E-state index is 4.99. The molecule has 3 aromatic rings.